The fourth-order valence-corrected chi connectivity index (χ4v) is 4.78. The smallest absolute Gasteiger partial charge is 0.232 e. The first kappa shape index (κ1) is 21.3. The third-order valence-electron chi connectivity index (χ3n) is 6.43. The van der Waals surface area contributed by atoms with Gasteiger partial charge in [-0.3, -0.25) is 14.7 Å². The second-order valence-electron chi connectivity index (χ2n) is 8.66. The van der Waals surface area contributed by atoms with Crippen LogP contribution >= 0.6 is 0 Å². The van der Waals surface area contributed by atoms with Crippen molar-refractivity contribution < 1.29 is 19.0 Å². The Morgan fingerprint density at radius 1 is 1.24 bits per heavy atom. The van der Waals surface area contributed by atoms with E-state index in [1.54, 1.807) is 37.4 Å². The summed E-state index contributed by atoms with van der Waals surface area (Å²) in [6.07, 6.45) is 8.49. The van der Waals surface area contributed by atoms with Gasteiger partial charge in [-0.25, -0.2) is 4.39 Å². The van der Waals surface area contributed by atoms with Crippen molar-refractivity contribution in [3.63, 3.8) is 0 Å². The number of Topliss-reactive ketones (excluding diaryl/α,β-unsaturated/α-hetero) is 1. The summed E-state index contributed by atoms with van der Waals surface area (Å²) in [5.74, 6) is 0.148. The van der Waals surface area contributed by atoms with Gasteiger partial charge in [-0.2, -0.15) is 0 Å². The van der Waals surface area contributed by atoms with Crippen LogP contribution in [0.5, 0.6) is 11.5 Å². The number of hydrogen-bond donors (Lipinski definition) is 1. The van der Waals surface area contributed by atoms with Crippen LogP contribution in [-0.4, -0.2) is 27.3 Å². The maximum atomic E-state index is 13.3. The van der Waals surface area contributed by atoms with Gasteiger partial charge < -0.3 is 9.84 Å². The SMILES string of the molecule is Cc1cc(O)c(CN2CCCC[C@H]2c2cccnc2)c2c1C(=O)/C(=C/c1ccc(F)cc1)O2. The second kappa shape index (κ2) is 8.79. The molecule has 1 fully saturated rings. The number of phenols is 1. The number of carbonyl (C=O) groups is 1. The molecule has 0 bridgehead atoms. The van der Waals surface area contributed by atoms with Crippen molar-refractivity contribution in [1.82, 2.24) is 9.88 Å². The third kappa shape index (κ3) is 4.14. The van der Waals surface area contributed by atoms with Crippen molar-refractivity contribution in [3.8, 4) is 11.5 Å². The van der Waals surface area contributed by atoms with Crippen LogP contribution in [0.2, 0.25) is 0 Å². The molecule has 168 valence electrons. The third-order valence-corrected chi connectivity index (χ3v) is 6.43. The van der Waals surface area contributed by atoms with Gasteiger partial charge in [0.15, 0.2) is 5.76 Å². The summed E-state index contributed by atoms with van der Waals surface area (Å²) in [6.45, 7) is 3.14. The first-order valence-electron chi connectivity index (χ1n) is 11.2. The zero-order valence-electron chi connectivity index (χ0n) is 18.4. The Kier molecular flexibility index (Phi) is 5.68. The van der Waals surface area contributed by atoms with Gasteiger partial charge in [0.05, 0.1) is 11.1 Å². The number of rotatable bonds is 4. The summed E-state index contributed by atoms with van der Waals surface area (Å²) >= 11 is 0. The minimum Gasteiger partial charge on any atom is -0.507 e. The number of ether oxygens (including phenoxy) is 1. The maximum Gasteiger partial charge on any atom is 0.232 e. The lowest BCUT2D eigenvalue weighted by molar-refractivity contribution is 0.101. The minimum absolute atomic E-state index is 0.123. The van der Waals surface area contributed by atoms with Gasteiger partial charge in [-0.05, 0) is 73.3 Å². The molecular formula is C27H25FN2O3. The zero-order valence-corrected chi connectivity index (χ0v) is 18.4. The van der Waals surface area contributed by atoms with Gasteiger partial charge in [0, 0.05) is 25.0 Å². The van der Waals surface area contributed by atoms with E-state index >= 15 is 0 Å². The van der Waals surface area contributed by atoms with Crippen LogP contribution < -0.4 is 4.74 Å². The fourth-order valence-electron chi connectivity index (χ4n) is 4.78. The lowest BCUT2D eigenvalue weighted by Crippen LogP contribution is -2.33. The molecule has 1 atom stereocenters. The van der Waals surface area contributed by atoms with Crippen LogP contribution in [0.25, 0.3) is 6.08 Å². The number of ketones is 1. The summed E-state index contributed by atoms with van der Waals surface area (Å²) in [5.41, 5.74) is 3.58. The van der Waals surface area contributed by atoms with Crippen molar-refractivity contribution in [2.24, 2.45) is 0 Å². The topological polar surface area (TPSA) is 62.7 Å². The van der Waals surface area contributed by atoms with Gasteiger partial charge in [0.2, 0.25) is 5.78 Å². The fraction of sp³-hybridized carbons (Fsp3) is 0.259. The van der Waals surface area contributed by atoms with Gasteiger partial charge >= 0.3 is 0 Å². The normalized spacial score (nSPS) is 19.5. The van der Waals surface area contributed by atoms with E-state index in [4.69, 9.17) is 4.74 Å². The highest BCUT2D eigenvalue weighted by Crippen LogP contribution is 2.44. The Hall–Kier alpha value is -3.51. The van der Waals surface area contributed by atoms with E-state index in [1.165, 1.54) is 12.1 Å². The van der Waals surface area contributed by atoms with Crippen molar-refractivity contribution in [3.05, 3.63) is 94.3 Å². The van der Waals surface area contributed by atoms with Crippen molar-refractivity contribution in [1.29, 1.82) is 0 Å². The molecule has 2 aliphatic rings. The van der Waals surface area contributed by atoms with Crippen molar-refractivity contribution in [2.75, 3.05) is 6.54 Å². The van der Waals surface area contributed by atoms with Crippen molar-refractivity contribution >= 4 is 11.9 Å². The molecule has 6 heteroatoms. The van der Waals surface area contributed by atoms with Crippen LogP contribution in [0.1, 0.15) is 57.9 Å². The Morgan fingerprint density at radius 3 is 2.82 bits per heavy atom. The summed E-state index contributed by atoms with van der Waals surface area (Å²) in [7, 11) is 0. The highest BCUT2D eigenvalue weighted by atomic mass is 19.1. The number of aryl methyl sites for hydroxylation is 1. The van der Waals surface area contributed by atoms with Crippen LogP contribution in [0.4, 0.5) is 4.39 Å². The summed E-state index contributed by atoms with van der Waals surface area (Å²) in [6, 6.07) is 11.7. The number of allylic oxidation sites excluding steroid dienone is 1. The number of aromatic nitrogens is 1. The minimum atomic E-state index is -0.341. The largest absolute Gasteiger partial charge is 0.507 e. The molecule has 0 saturated carbocycles. The molecule has 33 heavy (non-hydrogen) atoms. The van der Waals surface area contributed by atoms with Crippen LogP contribution in [-0.2, 0) is 6.54 Å². The highest BCUT2D eigenvalue weighted by molar-refractivity contribution is 6.15. The number of benzene rings is 2. The molecule has 0 aliphatic carbocycles. The molecule has 0 amide bonds. The van der Waals surface area contributed by atoms with Crippen molar-refractivity contribution in [2.45, 2.75) is 38.8 Å². The van der Waals surface area contributed by atoms with Gasteiger partial charge in [-0.1, -0.05) is 24.6 Å². The van der Waals surface area contributed by atoms with Crippen LogP contribution in [0.15, 0.2) is 60.6 Å². The number of carbonyl (C=O) groups excluding carboxylic acids is 1. The summed E-state index contributed by atoms with van der Waals surface area (Å²) in [5, 5.41) is 10.8. The molecule has 2 aromatic carbocycles. The molecule has 5 nitrogen and oxygen atoms in total. The van der Waals surface area contributed by atoms with E-state index in [0.29, 0.717) is 34.5 Å². The molecule has 3 aromatic rings. The number of halogens is 1. The lowest BCUT2D eigenvalue weighted by atomic mass is 9.94. The number of nitrogens with zero attached hydrogens (tertiary/aromatic N) is 2. The van der Waals surface area contributed by atoms with E-state index < -0.39 is 0 Å². The first-order valence-corrected chi connectivity index (χ1v) is 11.2. The molecule has 0 spiro atoms. The Bertz CT molecular complexity index is 1220. The number of pyridine rings is 1. The molecule has 1 N–H and O–H groups in total. The first-order chi connectivity index (χ1) is 16.0. The number of piperidine rings is 1. The highest BCUT2D eigenvalue weighted by Gasteiger charge is 2.35. The van der Waals surface area contributed by atoms with Crippen LogP contribution in [0.3, 0.4) is 0 Å². The van der Waals surface area contributed by atoms with E-state index in [2.05, 4.69) is 16.0 Å². The van der Waals surface area contributed by atoms with Gasteiger partial charge in [0.25, 0.3) is 0 Å². The quantitative estimate of drug-likeness (QED) is 0.533. The van der Waals surface area contributed by atoms with Gasteiger partial charge in [0.1, 0.15) is 17.3 Å². The second-order valence-corrected chi connectivity index (χ2v) is 8.66. The predicted octanol–water partition coefficient (Wildman–Crippen LogP) is 5.58. The van der Waals surface area contributed by atoms with Gasteiger partial charge in [-0.15, -0.1) is 0 Å². The monoisotopic (exact) mass is 444 g/mol. The number of phenolic OH excluding ortho intramolecular Hbond substituents is 1. The summed E-state index contributed by atoms with van der Waals surface area (Å²) < 4.78 is 19.3. The maximum absolute atomic E-state index is 13.3. The molecule has 0 radical (unpaired) electrons. The lowest BCUT2D eigenvalue weighted by Gasteiger charge is -2.36. The Morgan fingerprint density at radius 2 is 2.06 bits per heavy atom. The number of aromatic hydroxyl groups is 1. The van der Waals surface area contributed by atoms with Crippen LogP contribution in [0, 0.1) is 12.7 Å². The molecule has 5 rings (SSSR count). The van der Waals surface area contributed by atoms with E-state index in [-0.39, 0.29) is 29.2 Å². The number of fused-ring (bicyclic) bond motifs is 1. The average Bonchev–Trinajstić information content (AvgIpc) is 3.15. The number of likely N-dealkylation sites (tertiary alicyclic amines) is 1. The molecule has 1 aromatic heterocycles. The van der Waals surface area contributed by atoms with E-state index in [9.17, 15) is 14.3 Å². The Labute approximate surface area is 192 Å². The van der Waals surface area contributed by atoms with E-state index in [1.807, 2.05) is 12.3 Å². The molecule has 0 unspecified atom stereocenters. The standard InChI is InChI=1S/C27H25FN2O3/c1-17-13-23(31)21(16-30-12-3-2-6-22(30)19-5-4-11-29-15-19)27-25(17)26(32)24(33-27)14-18-7-9-20(28)10-8-18/h4-5,7-11,13-15,22,31H,2-3,6,12,16H2,1H3/b24-14-/t22-/m0/s1. The Balaban J connectivity index is 1.49. The molecular weight excluding hydrogens is 419 g/mol. The zero-order chi connectivity index (χ0) is 22.9. The van der Waals surface area contributed by atoms with E-state index in [0.717, 1.165) is 31.4 Å². The summed E-state index contributed by atoms with van der Waals surface area (Å²) in [4.78, 5) is 19.8. The molecule has 3 heterocycles. The molecule has 1 saturated heterocycles. The predicted molar refractivity (Wildman–Crippen MR) is 123 cm³/mol. The molecule has 2 aliphatic heterocycles. The number of hydrogen-bond acceptors (Lipinski definition) is 5. The average molecular weight is 445 g/mol.